The second-order valence-electron chi connectivity index (χ2n) is 11.1. The van der Waals surface area contributed by atoms with Gasteiger partial charge in [-0.2, -0.15) is 0 Å². The van der Waals surface area contributed by atoms with E-state index in [0.717, 1.165) is 60.9 Å². The molecule has 0 atom stereocenters. The smallest absolute Gasteiger partial charge is 0.0978 e. The maximum atomic E-state index is 5.10. The molecule has 0 aliphatic rings. The van der Waals surface area contributed by atoms with E-state index >= 15 is 0 Å². The van der Waals surface area contributed by atoms with E-state index in [0.29, 0.717) is 0 Å². The van der Waals surface area contributed by atoms with Crippen molar-refractivity contribution in [3.05, 3.63) is 146 Å². The first-order chi connectivity index (χ1) is 21.8. The Bertz CT molecular complexity index is 2560. The van der Waals surface area contributed by atoms with Crippen LogP contribution in [0, 0.1) is 0 Å². The van der Waals surface area contributed by atoms with Crippen molar-refractivity contribution in [3.8, 4) is 33.8 Å². The average Bonchev–Trinajstić information content (AvgIpc) is 3.10. The number of fused-ring (bicyclic) bond motifs is 7. The molecule has 0 radical (unpaired) electrons. The van der Waals surface area contributed by atoms with Gasteiger partial charge in [0.1, 0.15) is 0 Å². The fourth-order valence-electron chi connectivity index (χ4n) is 6.43. The van der Waals surface area contributed by atoms with Gasteiger partial charge in [-0.05, 0) is 75.6 Å². The summed E-state index contributed by atoms with van der Waals surface area (Å²) in [5.74, 6) is 0. The van der Waals surface area contributed by atoms with Gasteiger partial charge in [0.05, 0.1) is 33.6 Å². The van der Waals surface area contributed by atoms with Crippen molar-refractivity contribution in [1.29, 1.82) is 0 Å². The van der Waals surface area contributed by atoms with Gasteiger partial charge >= 0.3 is 0 Å². The normalized spacial score (nSPS) is 11.6. The molecule has 0 unspecified atom stereocenters. The summed E-state index contributed by atoms with van der Waals surface area (Å²) in [6.07, 6.45) is 3.65. The Hall–Kier alpha value is -6.00. The van der Waals surface area contributed by atoms with Crippen LogP contribution >= 0.6 is 0 Å². The maximum Gasteiger partial charge on any atom is 0.0978 e. The van der Waals surface area contributed by atoms with E-state index < -0.39 is 0 Å². The lowest BCUT2D eigenvalue weighted by atomic mass is 9.92. The lowest BCUT2D eigenvalue weighted by molar-refractivity contribution is 1.25. The molecule has 0 saturated carbocycles. The molecule has 0 bridgehead atoms. The predicted molar refractivity (Wildman–Crippen MR) is 181 cm³/mol. The molecule has 0 amide bonds. The molecule has 0 fully saturated rings. The fraction of sp³-hybridized carbons (Fsp3) is 0. The Kier molecular flexibility index (Phi) is 5.47. The van der Waals surface area contributed by atoms with Crippen LogP contribution in [0.15, 0.2) is 146 Å². The molecular weight excluding hydrogens is 536 g/mol. The van der Waals surface area contributed by atoms with Crippen LogP contribution in [0.1, 0.15) is 0 Å². The van der Waals surface area contributed by atoms with Crippen molar-refractivity contribution < 1.29 is 0 Å². The standard InChI is InChI=1S/C40H24N4/c1-2-9-35-31(8-1)38(32-20-17-26-7-6-22-42-39(26)40(32)44-35)29-16-14-25-13-15-27-23-28(18-19-30(27)33(25)24-29)34-11-5-12-37(43-34)36-10-3-4-21-41-36/h1-24H. The maximum absolute atomic E-state index is 5.10. The molecule has 0 saturated heterocycles. The molecule has 9 aromatic rings. The number of rotatable bonds is 3. The Morgan fingerprint density at radius 1 is 0.364 bits per heavy atom. The van der Waals surface area contributed by atoms with Crippen molar-refractivity contribution in [2.24, 2.45) is 0 Å². The number of hydrogen-bond donors (Lipinski definition) is 0. The molecule has 0 spiro atoms. The number of nitrogens with zero attached hydrogens (tertiary/aromatic N) is 4. The van der Waals surface area contributed by atoms with Crippen LogP contribution in [0.4, 0.5) is 0 Å². The fourth-order valence-corrected chi connectivity index (χ4v) is 6.43. The zero-order valence-corrected chi connectivity index (χ0v) is 23.6. The van der Waals surface area contributed by atoms with Crippen LogP contribution in [-0.2, 0) is 0 Å². The quantitative estimate of drug-likeness (QED) is 0.159. The zero-order valence-electron chi connectivity index (χ0n) is 23.6. The largest absolute Gasteiger partial charge is 0.255 e. The molecule has 44 heavy (non-hydrogen) atoms. The van der Waals surface area contributed by atoms with Crippen LogP contribution in [0.5, 0.6) is 0 Å². The van der Waals surface area contributed by atoms with Crippen LogP contribution in [0.2, 0.25) is 0 Å². The summed E-state index contributed by atoms with van der Waals surface area (Å²) in [6.45, 7) is 0. The van der Waals surface area contributed by atoms with Crippen LogP contribution < -0.4 is 0 Å². The minimum Gasteiger partial charge on any atom is -0.255 e. The Labute approximate surface area is 253 Å². The molecule has 0 aliphatic heterocycles. The third-order valence-electron chi connectivity index (χ3n) is 8.52. The minimum atomic E-state index is 0.867. The SMILES string of the molecule is c1ccc(-c2cccc(-c3ccc4c(ccc5ccc(-c6c7ccccc7nc7c6ccc6cccnc67)cc54)c3)n2)nc1. The first-order valence-corrected chi connectivity index (χ1v) is 14.7. The van der Waals surface area contributed by atoms with Crippen LogP contribution in [0.3, 0.4) is 0 Å². The number of aromatic nitrogens is 4. The molecular formula is C40H24N4. The molecule has 5 aromatic carbocycles. The third kappa shape index (κ3) is 3.92. The van der Waals surface area contributed by atoms with Crippen LogP contribution in [-0.4, -0.2) is 19.9 Å². The second-order valence-corrected chi connectivity index (χ2v) is 11.1. The minimum absolute atomic E-state index is 0.867. The van der Waals surface area contributed by atoms with Gasteiger partial charge in [-0.25, -0.2) is 9.97 Å². The summed E-state index contributed by atoms with van der Waals surface area (Å²) in [4.78, 5) is 19.2. The van der Waals surface area contributed by atoms with Crippen molar-refractivity contribution in [1.82, 2.24) is 19.9 Å². The Morgan fingerprint density at radius 2 is 1.14 bits per heavy atom. The lowest BCUT2D eigenvalue weighted by Gasteiger charge is -2.14. The Morgan fingerprint density at radius 3 is 2.09 bits per heavy atom. The first kappa shape index (κ1) is 24.6. The van der Waals surface area contributed by atoms with Gasteiger partial charge in [0.15, 0.2) is 0 Å². The van der Waals surface area contributed by atoms with Gasteiger partial charge in [0.2, 0.25) is 0 Å². The molecule has 0 N–H and O–H groups in total. The van der Waals surface area contributed by atoms with E-state index in [2.05, 4.69) is 102 Å². The number of para-hydroxylation sites is 1. The van der Waals surface area contributed by atoms with E-state index in [1.807, 2.05) is 42.6 Å². The molecule has 4 aromatic heterocycles. The summed E-state index contributed by atoms with van der Waals surface area (Å²) in [7, 11) is 0. The highest BCUT2D eigenvalue weighted by molar-refractivity contribution is 6.17. The number of pyridine rings is 4. The molecule has 4 nitrogen and oxygen atoms in total. The summed E-state index contributed by atoms with van der Waals surface area (Å²) < 4.78 is 0. The van der Waals surface area contributed by atoms with Gasteiger partial charge in [-0.1, -0.05) is 84.9 Å². The topological polar surface area (TPSA) is 51.6 Å². The summed E-state index contributed by atoms with van der Waals surface area (Å²) in [5.41, 5.74) is 8.92. The molecule has 0 aliphatic carbocycles. The van der Waals surface area contributed by atoms with Crippen molar-refractivity contribution in [3.63, 3.8) is 0 Å². The summed E-state index contributed by atoms with van der Waals surface area (Å²) >= 11 is 0. The highest BCUT2D eigenvalue weighted by atomic mass is 14.8. The van der Waals surface area contributed by atoms with Gasteiger partial charge in [0, 0.05) is 39.7 Å². The van der Waals surface area contributed by atoms with E-state index in [-0.39, 0.29) is 0 Å². The zero-order chi connectivity index (χ0) is 29.0. The van der Waals surface area contributed by atoms with Crippen molar-refractivity contribution in [2.75, 3.05) is 0 Å². The highest BCUT2D eigenvalue weighted by Crippen LogP contribution is 2.39. The van der Waals surface area contributed by atoms with Gasteiger partial charge in [-0.3, -0.25) is 9.97 Å². The van der Waals surface area contributed by atoms with E-state index in [1.165, 1.54) is 27.1 Å². The number of benzene rings is 5. The number of hydrogen-bond acceptors (Lipinski definition) is 4. The van der Waals surface area contributed by atoms with E-state index in [4.69, 9.17) is 15.0 Å². The van der Waals surface area contributed by atoms with Gasteiger partial charge in [-0.15, -0.1) is 0 Å². The van der Waals surface area contributed by atoms with Gasteiger partial charge in [0.25, 0.3) is 0 Å². The molecule has 9 rings (SSSR count). The summed E-state index contributed by atoms with van der Waals surface area (Å²) in [6, 6.07) is 46.7. The Balaban J connectivity index is 1.24. The van der Waals surface area contributed by atoms with E-state index in [1.54, 1.807) is 6.20 Å². The lowest BCUT2D eigenvalue weighted by Crippen LogP contribution is -1.92. The third-order valence-corrected chi connectivity index (χ3v) is 8.52. The first-order valence-electron chi connectivity index (χ1n) is 14.7. The highest BCUT2D eigenvalue weighted by Gasteiger charge is 2.15. The predicted octanol–water partition coefficient (Wildman–Crippen LogP) is 10.0. The van der Waals surface area contributed by atoms with Crippen LogP contribution in [0.25, 0.3) is 88.0 Å². The molecule has 4 heterocycles. The average molecular weight is 561 g/mol. The van der Waals surface area contributed by atoms with Gasteiger partial charge < -0.3 is 0 Å². The van der Waals surface area contributed by atoms with E-state index in [9.17, 15) is 0 Å². The van der Waals surface area contributed by atoms with Crippen molar-refractivity contribution >= 4 is 54.3 Å². The second kappa shape index (κ2) is 9.79. The monoisotopic (exact) mass is 560 g/mol. The molecule has 204 valence electrons. The summed E-state index contributed by atoms with van der Waals surface area (Å²) in [5, 5.41) is 8.15. The van der Waals surface area contributed by atoms with Crippen molar-refractivity contribution in [2.45, 2.75) is 0 Å². The molecule has 4 heteroatoms.